The van der Waals surface area contributed by atoms with E-state index >= 15 is 0 Å². The predicted molar refractivity (Wildman–Crippen MR) is 86.9 cm³/mol. The zero-order valence-electron chi connectivity index (χ0n) is 13.8. The topological polar surface area (TPSA) is 112 Å². The first-order chi connectivity index (χ1) is 10.7. The molecule has 1 saturated carbocycles. The Bertz CT molecular complexity index is 591. The SMILES string of the molecule is CSCC(NC(=O)OC(C)(C)C)c1cn(C2(C(N)=O)CC2)nn1. The molecule has 23 heavy (non-hydrogen) atoms. The van der Waals surface area contributed by atoms with Gasteiger partial charge in [0.15, 0.2) is 0 Å². The van der Waals surface area contributed by atoms with Crippen molar-refractivity contribution in [3.05, 3.63) is 11.9 Å². The molecule has 2 amide bonds. The Morgan fingerprint density at radius 3 is 2.65 bits per heavy atom. The number of nitrogens with one attached hydrogen (secondary N) is 1. The quantitative estimate of drug-likeness (QED) is 0.803. The van der Waals surface area contributed by atoms with Gasteiger partial charge < -0.3 is 15.8 Å². The van der Waals surface area contributed by atoms with E-state index in [0.717, 1.165) is 0 Å². The van der Waals surface area contributed by atoms with Gasteiger partial charge in [0.1, 0.15) is 16.8 Å². The number of nitrogens with zero attached hydrogens (tertiary/aromatic N) is 3. The Hall–Kier alpha value is -1.77. The van der Waals surface area contributed by atoms with Crippen LogP contribution in [0.2, 0.25) is 0 Å². The zero-order chi connectivity index (χ0) is 17.3. The highest BCUT2D eigenvalue weighted by Crippen LogP contribution is 2.42. The Morgan fingerprint density at radius 1 is 1.52 bits per heavy atom. The summed E-state index contributed by atoms with van der Waals surface area (Å²) in [6.07, 6.45) is 4.42. The van der Waals surface area contributed by atoms with E-state index in [1.807, 2.05) is 6.26 Å². The second kappa shape index (κ2) is 6.38. The number of rotatable bonds is 6. The highest BCUT2D eigenvalue weighted by Gasteiger charge is 2.52. The van der Waals surface area contributed by atoms with E-state index in [9.17, 15) is 9.59 Å². The Labute approximate surface area is 139 Å². The molecular formula is C14H23N5O3S. The molecule has 0 aliphatic heterocycles. The van der Waals surface area contributed by atoms with Crippen molar-refractivity contribution in [1.29, 1.82) is 0 Å². The van der Waals surface area contributed by atoms with Crippen molar-refractivity contribution < 1.29 is 14.3 Å². The van der Waals surface area contributed by atoms with Gasteiger partial charge in [0.25, 0.3) is 0 Å². The maximum atomic E-state index is 12.0. The normalized spacial score (nSPS) is 17.4. The standard InChI is InChI=1S/C14H23N5O3S/c1-13(2,3)22-12(21)16-10(8-23-4)9-7-19(18-17-9)14(5-6-14)11(15)20/h7,10H,5-6,8H2,1-4H3,(H2,15,20)(H,16,21). The second-order valence-corrected chi connectivity index (χ2v) is 7.55. The molecule has 0 aromatic carbocycles. The maximum Gasteiger partial charge on any atom is 0.408 e. The number of carbonyl (C=O) groups excluding carboxylic acids is 2. The van der Waals surface area contributed by atoms with Gasteiger partial charge >= 0.3 is 6.09 Å². The third-order valence-electron chi connectivity index (χ3n) is 3.51. The molecule has 1 aromatic heterocycles. The molecule has 1 atom stereocenters. The van der Waals surface area contributed by atoms with Gasteiger partial charge in [0, 0.05) is 5.75 Å². The van der Waals surface area contributed by atoms with Crippen molar-refractivity contribution in [2.75, 3.05) is 12.0 Å². The summed E-state index contributed by atoms with van der Waals surface area (Å²) in [5.41, 5.74) is 4.70. The third-order valence-corrected chi connectivity index (χ3v) is 4.18. The fourth-order valence-electron chi connectivity index (χ4n) is 2.17. The van der Waals surface area contributed by atoms with Crippen molar-refractivity contribution >= 4 is 23.8 Å². The van der Waals surface area contributed by atoms with Crippen LogP contribution in [0.25, 0.3) is 0 Å². The highest BCUT2D eigenvalue weighted by atomic mass is 32.2. The van der Waals surface area contributed by atoms with Gasteiger partial charge in [-0.15, -0.1) is 5.10 Å². The minimum Gasteiger partial charge on any atom is -0.444 e. The van der Waals surface area contributed by atoms with Crippen molar-refractivity contribution in [2.45, 2.75) is 50.8 Å². The summed E-state index contributed by atoms with van der Waals surface area (Å²) in [7, 11) is 0. The van der Waals surface area contributed by atoms with Gasteiger partial charge in [-0.25, -0.2) is 9.48 Å². The molecule has 8 nitrogen and oxygen atoms in total. The second-order valence-electron chi connectivity index (χ2n) is 6.64. The fraction of sp³-hybridized carbons (Fsp3) is 0.714. The molecule has 0 saturated heterocycles. The van der Waals surface area contributed by atoms with E-state index < -0.39 is 23.1 Å². The van der Waals surface area contributed by atoms with Crippen molar-refractivity contribution in [3.8, 4) is 0 Å². The van der Waals surface area contributed by atoms with Gasteiger partial charge in [-0.2, -0.15) is 11.8 Å². The number of thioether (sulfide) groups is 1. The minimum absolute atomic E-state index is 0.350. The minimum atomic E-state index is -0.749. The molecule has 3 N–H and O–H groups in total. The van der Waals surface area contributed by atoms with Crippen molar-refractivity contribution in [3.63, 3.8) is 0 Å². The molecule has 1 unspecified atom stereocenters. The van der Waals surface area contributed by atoms with E-state index in [0.29, 0.717) is 24.3 Å². The Balaban J connectivity index is 2.11. The number of nitrogens with two attached hydrogens (primary N) is 1. The third kappa shape index (κ3) is 4.15. The summed E-state index contributed by atoms with van der Waals surface area (Å²) in [5.74, 6) is 0.206. The summed E-state index contributed by atoms with van der Waals surface area (Å²) in [6, 6.07) is -0.350. The number of alkyl carbamates (subject to hydrolysis) is 1. The molecule has 9 heteroatoms. The molecule has 1 heterocycles. The summed E-state index contributed by atoms with van der Waals surface area (Å²) in [5, 5.41) is 10.9. The molecule has 0 bridgehead atoms. The molecule has 1 aromatic rings. The van der Waals surface area contributed by atoms with Crippen LogP contribution in [0.4, 0.5) is 4.79 Å². The molecule has 0 spiro atoms. The van der Waals surface area contributed by atoms with E-state index in [-0.39, 0.29) is 6.04 Å². The van der Waals surface area contributed by atoms with Crippen LogP contribution in [0.15, 0.2) is 6.20 Å². The smallest absolute Gasteiger partial charge is 0.408 e. The molecule has 1 aliphatic carbocycles. The van der Waals surface area contributed by atoms with Gasteiger partial charge in [-0.1, -0.05) is 5.21 Å². The van der Waals surface area contributed by atoms with E-state index in [1.165, 1.54) is 4.68 Å². The first kappa shape index (κ1) is 17.6. The summed E-state index contributed by atoms with van der Waals surface area (Å²) < 4.78 is 6.78. The van der Waals surface area contributed by atoms with Crippen LogP contribution in [0, 0.1) is 0 Å². The van der Waals surface area contributed by atoms with E-state index in [2.05, 4.69) is 15.6 Å². The first-order valence-electron chi connectivity index (χ1n) is 7.39. The highest BCUT2D eigenvalue weighted by molar-refractivity contribution is 7.98. The Kier molecular flexibility index (Phi) is 4.88. The molecule has 128 valence electrons. The number of primary amides is 1. The largest absolute Gasteiger partial charge is 0.444 e. The predicted octanol–water partition coefficient (Wildman–Crippen LogP) is 1.18. The van der Waals surface area contributed by atoms with Gasteiger partial charge in [-0.05, 0) is 39.9 Å². The molecule has 0 radical (unpaired) electrons. The Morgan fingerprint density at radius 2 is 2.17 bits per heavy atom. The van der Waals surface area contributed by atoms with Crippen molar-refractivity contribution in [2.24, 2.45) is 5.73 Å². The summed E-state index contributed by atoms with van der Waals surface area (Å²) in [6.45, 7) is 5.41. The van der Waals surface area contributed by atoms with Crippen LogP contribution < -0.4 is 11.1 Å². The lowest BCUT2D eigenvalue weighted by Gasteiger charge is -2.22. The number of ether oxygens (including phenoxy) is 1. The number of hydrogen-bond donors (Lipinski definition) is 2. The average Bonchev–Trinajstić information content (AvgIpc) is 3.08. The molecule has 2 rings (SSSR count). The van der Waals surface area contributed by atoms with Crippen LogP contribution in [0.5, 0.6) is 0 Å². The fourth-order valence-corrected chi connectivity index (χ4v) is 2.76. The number of hydrogen-bond acceptors (Lipinski definition) is 6. The van der Waals surface area contributed by atoms with Crippen LogP contribution in [0.3, 0.4) is 0 Å². The summed E-state index contributed by atoms with van der Waals surface area (Å²) in [4.78, 5) is 23.5. The monoisotopic (exact) mass is 341 g/mol. The molecule has 1 fully saturated rings. The average molecular weight is 341 g/mol. The molecular weight excluding hydrogens is 318 g/mol. The van der Waals surface area contributed by atoms with Gasteiger partial charge in [0.05, 0.1) is 12.2 Å². The maximum absolute atomic E-state index is 12.0. The van der Waals surface area contributed by atoms with Gasteiger partial charge in [-0.3, -0.25) is 4.79 Å². The van der Waals surface area contributed by atoms with E-state index in [1.54, 1.807) is 38.7 Å². The van der Waals surface area contributed by atoms with Crippen LogP contribution in [-0.4, -0.2) is 44.6 Å². The summed E-state index contributed by atoms with van der Waals surface area (Å²) >= 11 is 1.56. The van der Waals surface area contributed by atoms with Gasteiger partial charge in [0.2, 0.25) is 5.91 Å². The lowest BCUT2D eigenvalue weighted by Crippen LogP contribution is -2.36. The number of amides is 2. The lowest BCUT2D eigenvalue weighted by atomic mass is 10.2. The van der Waals surface area contributed by atoms with E-state index in [4.69, 9.17) is 10.5 Å². The molecule has 1 aliphatic rings. The number of carbonyl (C=O) groups is 2. The lowest BCUT2D eigenvalue weighted by molar-refractivity contribution is -0.122. The van der Waals surface area contributed by atoms with Crippen LogP contribution >= 0.6 is 11.8 Å². The first-order valence-corrected chi connectivity index (χ1v) is 8.78. The van der Waals surface area contributed by atoms with Crippen LogP contribution in [0.1, 0.15) is 45.3 Å². The van der Waals surface area contributed by atoms with Crippen molar-refractivity contribution in [1.82, 2.24) is 20.3 Å². The zero-order valence-corrected chi connectivity index (χ0v) is 14.6. The van der Waals surface area contributed by atoms with Crippen LogP contribution in [-0.2, 0) is 15.1 Å². The number of aromatic nitrogens is 3.